The predicted octanol–water partition coefficient (Wildman–Crippen LogP) is 2.51. The maximum absolute atomic E-state index is 12.4. The summed E-state index contributed by atoms with van der Waals surface area (Å²) in [5.41, 5.74) is 8.36. The molecule has 5 nitrogen and oxygen atoms in total. The highest BCUT2D eigenvalue weighted by molar-refractivity contribution is 8.14. The van der Waals surface area contributed by atoms with Crippen LogP contribution in [0.1, 0.15) is 25.0 Å². The molecule has 0 bridgehead atoms. The maximum atomic E-state index is 12.4. The molecule has 0 aliphatic heterocycles. The Bertz CT molecular complexity index is 506. The number of para-hydroxylation sites is 1. The van der Waals surface area contributed by atoms with Crippen molar-refractivity contribution in [3.8, 4) is 0 Å². The van der Waals surface area contributed by atoms with E-state index >= 15 is 0 Å². The molecule has 0 unspecified atom stereocenters. The molecule has 0 saturated carbocycles. The number of aryl methyl sites for hydroxylation is 2. The van der Waals surface area contributed by atoms with E-state index in [1.807, 2.05) is 32.0 Å². The Morgan fingerprint density at radius 2 is 2.14 bits per heavy atom. The van der Waals surface area contributed by atoms with Gasteiger partial charge in [0, 0.05) is 6.61 Å². The molecule has 6 heteroatoms. The zero-order valence-electron chi connectivity index (χ0n) is 12.8. The summed E-state index contributed by atoms with van der Waals surface area (Å²) in [5.74, 6) is 0.0348. The van der Waals surface area contributed by atoms with Crippen LogP contribution in [0.4, 0.5) is 5.69 Å². The first kappa shape index (κ1) is 17.5. The van der Waals surface area contributed by atoms with E-state index in [1.165, 1.54) is 0 Å². The third-order valence-electron chi connectivity index (χ3n) is 3.05. The van der Waals surface area contributed by atoms with Crippen LogP contribution in [-0.2, 0) is 16.0 Å². The van der Waals surface area contributed by atoms with Crippen molar-refractivity contribution < 1.29 is 9.53 Å². The Kier molecular flexibility index (Phi) is 7.25. The summed E-state index contributed by atoms with van der Waals surface area (Å²) >= 11 is 1.03. The van der Waals surface area contributed by atoms with Gasteiger partial charge in [0.2, 0.25) is 5.91 Å². The van der Waals surface area contributed by atoms with Crippen molar-refractivity contribution in [3.05, 3.63) is 29.3 Å². The minimum absolute atomic E-state index is 0.0554. The van der Waals surface area contributed by atoms with Crippen molar-refractivity contribution in [2.24, 2.45) is 5.73 Å². The molecule has 21 heavy (non-hydrogen) atoms. The van der Waals surface area contributed by atoms with Gasteiger partial charge < -0.3 is 10.5 Å². The topological polar surface area (TPSA) is 79.4 Å². The second-order valence-electron chi connectivity index (χ2n) is 4.53. The summed E-state index contributed by atoms with van der Waals surface area (Å²) in [6.07, 6.45) is 0.840. The Labute approximate surface area is 130 Å². The van der Waals surface area contributed by atoms with Crippen molar-refractivity contribution in [1.82, 2.24) is 0 Å². The first-order valence-corrected chi connectivity index (χ1v) is 7.93. The van der Waals surface area contributed by atoms with Gasteiger partial charge in [0.05, 0.1) is 11.4 Å². The molecule has 0 heterocycles. The van der Waals surface area contributed by atoms with E-state index in [0.29, 0.717) is 6.61 Å². The summed E-state index contributed by atoms with van der Waals surface area (Å²) in [7, 11) is 0. The first-order valence-electron chi connectivity index (χ1n) is 6.94. The van der Waals surface area contributed by atoms with Crippen LogP contribution in [0.5, 0.6) is 0 Å². The Morgan fingerprint density at radius 3 is 2.71 bits per heavy atom. The lowest BCUT2D eigenvalue weighted by molar-refractivity contribution is -0.117. The molecule has 116 valence electrons. The molecule has 3 N–H and O–H groups in total. The molecular weight excluding hydrogens is 286 g/mol. The van der Waals surface area contributed by atoms with E-state index in [0.717, 1.165) is 35.0 Å². The van der Waals surface area contributed by atoms with Gasteiger partial charge in [-0.2, -0.15) is 0 Å². The molecular formula is C15H23N3O2S. The monoisotopic (exact) mass is 309 g/mol. The lowest BCUT2D eigenvalue weighted by atomic mass is 10.0. The molecule has 1 rings (SSSR count). The normalized spacial score (nSPS) is 10.4. The van der Waals surface area contributed by atoms with E-state index in [-0.39, 0.29) is 23.6 Å². The number of benzene rings is 1. The molecule has 0 aliphatic carbocycles. The largest absolute Gasteiger partial charge is 0.379 e. The highest BCUT2D eigenvalue weighted by Crippen LogP contribution is 2.26. The highest BCUT2D eigenvalue weighted by Gasteiger charge is 2.20. The van der Waals surface area contributed by atoms with E-state index < -0.39 is 0 Å². The van der Waals surface area contributed by atoms with Gasteiger partial charge in [0.15, 0.2) is 5.17 Å². The summed E-state index contributed by atoms with van der Waals surface area (Å²) in [6.45, 7) is 6.69. The van der Waals surface area contributed by atoms with Crippen LogP contribution >= 0.6 is 11.8 Å². The van der Waals surface area contributed by atoms with Crippen LogP contribution in [0, 0.1) is 12.3 Å². The third kappa shape index (κ3) is 5.06. The molecule has 0 aliphatic rings. The van der Waals surface area contributed by atoms with Gasteiger partial charge in [-0.1, -0.05) is 36.9 Å². The van der Waals surface area contributed by atoms with Gasteiger partial charge in [-0.05, 0) is 31.4 Å². The second kappa shape index (κ2) is 8.69. The van der Waals surface area contributed by atoms with Crippen LogP contribution in [0.15, 0.2) is 18.2 Å². The minimum atomic E-state index is -0.104. The lowest BCUT2D eigenvalue weighted by Crippen LogP contribution is -2.36. The van der Waals surface area contributed by atoms with Crippen molar-refractivity contribution >= 4 is 28.5 Å². The van der Waals surface area contributed by atoms with Crippen molar-refractivity contribution in [3.63, 3.8) is 0 Å². The second-order valence-corrected chi connectivity index (χ2v) is 5.55. The van der Waals surface area contributed by atoms with E-state index in [1.54, 1.807) is 4.90 Å². The number of hydrogen-bond acceptors (Lipinski definition) is 4. The fourth-order valence-corrected chi connectivity index (χ4v) is 2.49. The smallest absolute Gasteiger partial charge is 0.239 e. The highest BCUT2D eigenvalue weighted by atomic mass is 32.2. The number of nitrogens with zero attached hydrogens (tertiary/aromatic N) is 1. The van der Waals surface area contributed by atoms with E-state index in [2.05, 4.69) is 6.92 Å². The Hall–Kier alpha value is -1.53. The summed E-state index contributed by atoms with van der Waals surface area (Å²) < 4.78 is 5.44. The molecule has 0 atom stereocenters. The number of carbonyl (C=O) groups is 1. The number of hydrogen-bond donors (Lipinski definition) is 2. The number of nitrogens with one attached hydrogen (secondary N) is 1. The number of anilines is 1. The number of ether oxygens (including phenoxy) is 1. The minimum Gasteiger partial charge on any atom is -0.379 e. The van der Waals surface area contributed by atoms with Crippen molar-refractivity contribution in [2.75, 3.05) is 24.0 Å². The first-order chi connectivity index (χ1) is 10.0. The fourth-order valence-electron chi connectivity index (χ4n) is 2.05. The zero-order chi connectivity index (χ0) is 15.8. The van der Waals surface area contributed by atoms with Gasteiger partial charge >= 0.3 is 0 Å². The quantitative estimate of drug-likeness (QED) is 0.461. The van der Waals surface area contributed by atoms with E-state index in [4.69, 9.17) is 15.9 Å². The van der Waals surface area contributed by atoms with Gasteiger partial charge in [-0.3, -0.25) is 15.1 Å². The molecule has 1 amide bonds. The molecule has 1 aromatic carbocycles. The maximum Gasteiger partial charge on any atom is 0.239 e. The number of rotatable bonds is 7. The third-order valence-corrected chi connectivity index (χ3v) is 3.75. The van der Waals surface area contributed by atoms with Gasteiger partial charge in [-0.15, -0.1) is 0 Å². The van der Waals surface area contributed by atoms with Crippen LogP contribution < -0.4 is 10.6 Å². The van der Waals surface area contributed by atoms with Crippen LogP contribution in [-0.4, -0.2) is 30.2 Å². The summed E-state index contributed by atoms with van der Waals surface area (Å²) in [6, 6.07) is 6.00. The molecule has 0 fully saturated rings. The molecule has 1 aromatic rings. The van der Waals surface area contributed by atoms with Crippen molar-refractivity contribution in [2.45, 2.75) is 27.2 Å². The molecule has 0 radical (unpaired) electrons. The number of carbonyl (C=O) groups excluding carboxylic acids is 1. The predicted molar refractivity (Wildman–Crippen MR) is 88.9 cm³/mol. The summed E-state index contributed by atoms with van der Waals surface area (Å²) in [4.78, 5) is 14.1. The average molecular weight is 309 g/mol. The zero-order valence-corrected chi connectivity index (χ0v) is 13.6. The van der Waals surface area contributed by atoms with Gasteiger partial charge in [0.1, 0.15) is 6.73 Å². The molecule has 0 aromatic heterocycles. The van der Waals surface area contributed by atoms with Gasteiger partial charge in [0.25, 0.3) is 0 Å². The standard InChI is InChI=1S/C15H23N3O2S/c1-4-12-8-6-7-11(3)14(12)18(10-20-5-2)13(19)9-21-15(16)17/h6-8H,4-5,9-10H2,1-3H3,(H3,16,17). The average Bonchev–Trinajstić information content (AvgIpc) is 2.46. The van der Waals surface area contributed by atoms with Crippen LogP contribution in [0.25, 0.3) is 0 Å². The van der Waals surface area contributed by atoms with Crippen LogP contribution in [0.2, 0.25) is 0 Å². The molecule has 0 spiro atoms. The summed E-state index contributed by atoms with van der Waals surface area (Å²) in [5, 5.41) is 7.18. The fraction of sp³-hybridized carbons (Fsp3) is 0.467. The van der Waals surface area contributed by atoms with Gasteiger partial charge in [-0.25, -0.2) is 0 Å². The number of nitrogens with two attached hydrogens (primary N) is 1. The lowest BCUT2D eigenvalue weighted by Gasteiger charge is -2.26. The van der Waals surface area contributed by atoms with Crippen molar-refractivity contribution in [1.29, 1.82) is 5.41 Å². The van der Waals surface area contributed by atoms with Crippen LogP contribution in [0.3, 0.4) is 0 Å². The van der Waals surface area contributed by atoms with E-state index in [9.17, 15) is 4.79 Å². The Balaban J connectivity index is 3.07. The Morgan fingerprint density at radius 1 is 1.43 bits per heavy atom. The SMILES string of the molecule is CCOCN(C(=O)CSC(=N)N)c1c(C)cccc1CC. The number of amides is 1. The number of thioether (sulfide) groups is 1. The molecule has 0 saturated heterocycles. The number of amidine groups is 1.